The highest BCUT2D eigenvalue weighted by atomic mass is 16.1. The largest absolute Gasteiger partial charge is 0.391 e. The molecule has 96 valence electrons. The number of H-pyrrole nitrogens is 1. The summed E-state index contributed by atoms with van der Waals surface area (Å²) in [6.07, 6.45) is 1.32. The van der Waals surface area contributed by atoms with Crippen LogP contribution in [0.5, 0.6) is 0 Å². The second-order valence-corrected chi connectivity index (χ2v) is 4.12. The Morgan fingerprint density at radius 2 is 2.22 bits per heavy atom. The van der Waals surface area contributed by atoms with Gasteiger partial charge in [0, 0.05) is 24.8 Å². The second-order valence-electron chi connectivity index (χ2n) is 4.12. The zero-order chi connectivity index (χ0) is 13.3. The normalized spacial score (nSPS) is 10.6. The molecule has 0 fully saturated rings. The molecular formula is C11H16N6O. The van der Waals surface area contributed by atoms with Crippen molar-refractivity contribution < 1.29 is 0 Å². The van der Waals surface area contributed by atoms with Crippen molar-refractivity contribution in [2.24, 2.45) is 7.05 Å². The van der Waals surface area contributed by atoms with E-state index in [2.05, 4.69) is 20.4 Å². The summed E-state index contributed by atoms with van der Waals surface area (Å²) >= 11 is 0. The van der Waals surface area contributed by atoms with Crippen LogP contribution in [0.2, 0.25) is 0 Å². The predicted octanol–water partition coefficient (Wildman–Crippen LogP) is 0.315. The van der Waals surface area contributed by atoms with Gasteiger partial charge >= 0.3 is 0 Å². The minimum atomic E-state index is -0.341. The highest BCUT2D eigenvalue weighted by Crippen LogP contribution is 2.15. The maximum Gasteiger partial charge on any atom is 0.276 e. The number of aryl methyl sites for hydroxylation is 2. The maximum absolute atomic E-state index is 11.3. The number of hydrogen-bond donors (Lipinski definition) is 3. The van der Waals surface area contributed by atoms with Gasteiger partial charge in [0.2, 0.25) is 0 Å². The van der Waals surface area contributed by atoms with E-state index in [9.17, 15) is 4.79 Å². The van der Waals surface area contributed by atoms with Crippen molar-refractivity contribution in [2.75, 3.05) is 11.1 Å². The minimum Gasteiger partial charge on any atom is -0.391 e. The number of nitrogens with two attached hydrogens (primary N) is 1. The first-order valence-corrected chi connectivity index (χ1v) is 5.56. The molecule has 0 spiro atoms. The molecule has 0 radical (unpaired) electrons. The van der Waals surface area contributed by atoms with Crippen molar-refractivity contribution in [3.8, 4) is 0 Å². The van der Waals surface area contributed by atoms with Gasteiger partial charge < -0.3 is 16.0 Å². The van der Waals surface area contributed by atoms with E-state index in [-0.39, 0.29) is 11.2 Å². The van der Waals surface area contributed by atoms with Gasteiger partial charge in [-0.05, 0) is 13.8 Å². The fraction of sp³-hybridized carbons (Fsp3) is 0.364. The molecule has 7 heteroatoms. The summed E-state index contributed by atoms with van der Waals surface area (Å²) in [7, 11) is 1.89. The predicted molar refractivity (Wildman–Crippen MR) is 69.3 cm³/mol. The minimum absolute atomic E-state index is 0.0942. The van der Waals surface area contributed by atoms with Crippen LogP contribution >= 0.6 is 0 Å². The van der Waals surface area contributed by atoms with Crippen molar-refractivity contribution in [1.82, 2.24) is 19.7 Å². The van der Waals surface area contributed by atoms with Gasteiger partial charge in [0.25, 0.3) is 5.56 Å². The molecule has 7 nitrogen and oxygen atoms in total. The van der Waals surface area contributed by atoms with Crippen LogP contribution in [0.4, 0.5) is 11.5 Å². The summed E-state index contributed by atoms with van der Waals surface area (Å²) in [6.45, 7) is 4.47. The Kier molecular flexibility index (Phi) is 3.05. The lowest BCUT2D eigenvalue weighted by atomic mass is 10.2. The summed E-state index contributed by atoms with van der Waals surface area (Å²) in [5.74, 6) is 0.390. The van der Waals surface area contributed by atoms with Crippen molar-refractivity contribution in [3.05, 3.63) is 33.6 Å². The van der Waals surface area contributed by atoms with Crippen molar-refractivity contribution in [3.63, 3.8) is 0 Å². The highest BCUT2D eigenvalue weighted by Gasteiger charge is 2.10. The van der Waals surface area contributed by atoms with E-state index in [1.54, 1.807) is 0 Å². The van der Waals surface area contributed by atoms with E-state index in [0.717, 1.165) is 17.0 Å². The molecule has 0 atom stereocenters. The first kappa shape index (κ1) is 12.2. The lowest BCUT2D eigenvalue weighted by Gasteiger charge is -2.07. The van der Waals surface area contributed by atoms with Crippen LogP contribution in [0.25, 0.3) is 0 Å². The van der Waals surface area contributed by atoms with Gasteiger partial charge in [-0.25, -0.2) is 4.98 Å². The smallest absolute Gasteiger partial charge is 0.276 e. The van der Waals surface area contributed by atoms with Crippen molar-refractivity contribution in [2.45, 2.75) is 20.4 Å². The standard InChI is InChI=1S/C11H16N6O/c1-6-8(7(2)17(3)16-6)4-13-10-9(12)11(18)15-5-14-10/h5H,4,12H2,1-3H3,(H2,13,14,15,18). The fourth-order valence-corrected chi connectivity index (χ4v) is 1.80. The molecule has 18 heavy (non-hydrogen) atoms. The third kappa shape index (κ3) is 2.06. The van der Waals surface area contributed by atoms with E-state index >= 15 is 0 Å². The van der Waals surface area contributed by atoms with Gasteiger partial charge in [-0.3, -0.25) is 9.48 Å². The third-order valence-electron chi connectivity index (χ3n) is 2.98. The number of nitrogens with one attached hydrogen (secondary N) is 2. The van der Waals surface area contributed by atoms with Crippen LogP contribution in [0, 0.1) is 13.8 Å². The average Bonchev–Trinajstić information content (AvgIpc) is 2.56. The van der Waals surface area contributed by atoms with Crippen LogP contribution in [0.15, 0.2) is 11.1 Å². The first-order valence-electron chi connectivity index (χ1n) is 5.56. The summed E-state index contributed by atoms with van der Waals surface area (Å²) < 4.78 is 1.82. The number of hydrogen-bond acceptors (Lipinski definition) is 5. The molecule has 0 amide bonds. The molecule has 0 saturated heterocycles. The lowest BCUT2D eigenvalue weighted by Crippen LogP contribution is -2.16. The van der Waals surface area contributed by atoms with Crippen LogP contribution in [-0.4, -0.2) is 19.7 Å². The fourth-order valence-electron chi connectivity index (χ4n) is 1.80. The van der Waals surface area contributed by atoms with Gasteiger partial charge in [-0.2, -0.15) is 5.10 Å². The summed E-state index contributed by atoms with van der Waals surface area (Å²) in [4.78, 5) is 17.7. The van der Waals surface area contributed by atoms with E-state index in [1.165, 1.54) is 6.33 Å². The Labute approximate surface area is 104 Å². The van der Waals surface area contributed by atoms with Gasteiger partial charge in [-0.1, -0.05) is 0 Å². The number of aromatic amines is 1. The SMILES string of the molecule is Cc1nn(C)c(C)c1CNc1nc[nH]c(=O)c1N. The molecule has 0 bridgehead atoms. The Hall–Kier alpha value is -2.31. The molecule has 4 N–H and O–H groups in total. The molecule has 2 heterocycles. The van der Waals surface area contributed by atoms with Crippen LogP contribution in [-0.2, 0) is 13.6 Å². The van der Waals surface area contributed by atoms with Crippen molar-refractivity contribution in [1.29, 1.82) is 0 Å². The molecule has 0 saturated carbocycles. The molecule has 0 aliphatic carbocycles. The second kappa shape index (κ2) is 4.52. The molecule has 0 unspecified atom stereocenters. The molecule has 2 rings (SSSR count). The lowest BCUT2D eigenvalue weighted by molar-refractivity contribution is 0.730. The molecule has 2 aromatic heterocycles. The molecular weight excluding hydrogens is 232 g/mol. The number of anilines is 2. The number of nitrogen functional groups attached to an aromatic ring is 1. The van der Waals surface area contributed by atoms with Gasteiger partial charge in [-0.15, -0.1) is 0 Å². The van der Waals surface area contributed by atoms with Gasteiger partial charge in [0.15, 0.2) is 5.82 Å². The molecule has 0 aromatic carbocycles. The first-order chi connectivity index (χ1) is 8.50. The van der Waals surface area contributed by atoms with E-state index < -0.39 is 0 Å². The zero-order valence-electron chi connectivity index (χ0n) is 10.6. The Morgan fingerprint density at radius 1 is 1.50 bits per heavy atom. The van der Waals surface area contributed by atoms with E-state index in [4.69, 9.17) is 5.73 Å². The molecule has 2 aromatic rings. The molecule has 0 aliphatic rings. The van der Waals surface area contributed by atoms with Crippen molar-refractivity contribution >= 4 is 11.5 Å². The summed E-state index contributed by atoms with van der Waals surface area (Å²) in [6, 6.07) is 0. The topological polar surface area (TPSA) is 102 Å². The highest BCUT2D eigenvalue weighted by molar-refractivity contribution is 5.59. The third-order valence-corrected chi connectivity index (χ3v) is 2.98. The maximum atomic E-state index is 11.3. The van der Waals surface area contributed by atoms with Crippen LogP contribution in [0.3, 0.4) is 0 Å². The quantitative estimate of drug-likeness (QED) is 0.725. The number of rotatable bonds is 3. The summed E-state index contributed by atoms with van der Waals surface area (Å²) in [5.41, 5.74) is 8.50. The number of nitrogens with zero attached hydrogens (tertiary/aromatic N) is 3. The van der Waals surface area contributed by atoms with E-state index in [1.807, 2.05) is 25.6 Å². The zero-order valence-corrected chi connectivity index (χ0v) is 10.6. The monoisotopic (exact) mass is 248 g/mol. The summed E-state index contributed by atoms with van der Waals surface area (Å²) in [5, 5.41) is 7.38. The Morgan fingerprint density at radius 3 is 2.83 bits per heavy atom. The van der Waals surface area contributed by atoms with E-state index in [0.29, 0.717) is 12.4 Å². The van der Waals surface area contributed by atoms with Gasteiger partial charge in [0.05, 0.1) is 12.0 Å². The Balaban J connectivity index is 2.22. The molecule has 0 aliphatic heterocycles. The van der Waals surface area contributed by atoms with Crippen LogP contribution in [0.1, 0.15) is 17.0 Å². The Bertz CT molecular complexity index is 627. The average molecular weight is 248 g/mol. The number of aromatic nitrogens is 4. The van der Waals surface area contributed by atoms with Gasteiger partial charge in [0.1, 0.15) is 5.69 Å². The van der Waals surface area contributed by atoms with Crippen LogP contribution < -0.4 is 16.6 Å².